The molecule has 0 saturated heterocycles. The Bertz CT molecular complexity index is 2830. The summed E-state index contributed by atoms with van der Waals surface area (Å²) in [5, 5.41) is 5.89. The van der Waals surface area contributed by atoms with Gasteiger partial charge in [-0.05, 0) is 83.8 Å². The quantitative estimate of drug-likeness (QED) is 0.198. The van der Waals surface area contributed by atoms with E-state index in [0.29, 0.717) is 5.56 Å². The van der Waals surface area contributed by atoms with Crippen LogP contribution in [0.1, 0.15) is 9.60 Å². The summed E-state index contributed by atoms with van der Waals surface area (Å²) >= 11 is 0. The standard InChI is InChI=1S/C42H26O/c1-2-12-31-27(10-1)11-9-18-32(31)28-20-22-29(23-21-28)41-35-14-3-5-16-37(35)42(38-17-6-4-15-36(38)41)30-24-25-34-33-13-7-8-19-39(33)43-40(34)26-30/h1-26H/i7D,8D,13D,19D,24D,25D,26D. The molecule has 0 N–H and O–H groups in total. The first-order valence-electron chi connectivity index (χ1n) is 17.7. The maximum atomic E-state index is 9.41. The van der Waals surface area contributed by atoms with Crippen molar-refractivity contribution in [3.63, 3.8) is 0 Å². The van der Waals surface area contributed by atoms with Gasteiger partial charge in [-0.2, -0.15) is 0 Å². The minimum Gasteiger partial charge on any atom is -0.456 e. The van der Waals surface area contributed by atoms with E-state index in [1.165, 1.54) is 10.8 Å². The molecule has 1 nitrogen and oxygen atoms in total. The molecule has 0 saturated carbocycles. The Morgan fingerprint density at radius 1 is 0.395 bits per heavy atom. The van der Waals surface area contributed by atoms with Gasteiger partial charge in [-0.25, -0.2) is 0 Å². The summed E-state index contributed by atoms with van der Waals surface area (Å²) in [6.07, 6.45) is 0. The van der Waals surface area contributed by atoms with Crippen LogP contribution in [0.25, 0.3) is 87.6 Å². The van der Waals surface area contributed by atoms with Crippen molar-refractivity contribution < 1.29 is 14.0 Å². The van der Waals surface area contributed by atoms with E-state index in [4.69, 9.17) is 11.3 Å². The number of rotatable bonds is 3. The monoisotopic (exact) mass is 553 g/mol. The van der Waals surface area contributed by atoms with Crippen LogP contribution >= 0.6 is 0 Å². The van der Waals surface area contributed by atoms with E-state index in [2.05, 4.69) is 60.7 Å². The molecule has 0 amide bonds. The van der Waals surface area contributed by atoms with Gasteiger partial charge in [0, 0.05) is 10.8 Å². The predicted molar refractivity (Wildman–Crippen MR) is 183 cm³/mol. The third-order valence-electron chi connectivity index (χ3n) is 8.34. The van der Waals surface area contributed by atoms with Crippen LogP contribution in [0.15, 0.2) is 162 Å². The van der Waals surface area contributed by atoms with Crippen molar-refractivity contribution in [1.29, 1.82) is 0 Å². The lowest BCUT2D eigenvalue weighted by molar-refractivity contribution is 0.669. The number of hydrogen-bond acceptors (Lipinski definition) is 1. The SMILES string of the molecule is [2H]c1c([2H])c([2H])c2c(oc3c([2H])c(-c4c5ccccc5c(-c5ccc(-c6cccc7ccccc67)cc5)c5ccccc45)c([2H])c([2H])c32)c1[2H]. The molecular weight excluding hydrogens is 520 g/mol. The molecule has 0 unspecified atom stereocenters. The van der Waals surface area contributed by atoms with Gasteiger partial charge in [-0.3, -0.25) is 0 Å². The van der Waals surface area contributed by atoms with Crippen molar-refractivity contribution in [1.82, 2.24) is 0 Å². The summed E-state index contributed by atoms with van der Waals surface area (Å²) in [6, 6.07) is 36.8. The topological polar surface area (TPSA) is 13.1 Å². The van der Waals surface area contributed by atoms with Crippen molar-refractivity contribution in [2.24, 2.45) is 0 Å². The number of fused-ring (bicyclic) bond motifs is 6. The fraction of sp³-hybridized carbons (Fsp3) is 0. The minimum absolute atomic E-state index is 0.0153. The maximum Gasteiger partial charge on any atom is 0.136 e. The predicted octanol–water partition coefficient (Wildman–Crippen LogP) is 12.0. The summed E-state index contributed by atoms with van der Waals surface area (Å²) in [7, 11) is 0. The van der Waals surface area contributed by atoms with Crippen LogP contribution in [0.3, 0.4) is 0 Å². The summed E-state index contributed by atoms with van der Waals surface area (Å²) in [6.45, 7) is 0. The minimum atomic E-state index is -0.455. The summed E-state index contributed by atoms with van der Waals surface area (Å²) in [5.74, 6) is 0. The third kappa shape index (κ3) is 3.72. The molecule has 0 radical (unpaired) electrons. The molecule has 0 bridgehead atoms. The van der Waals surface area contributed by atoms with Crippen molar-refractivity contribution in [3.8, 4) is 33.4 Å². The third-order valence-corrected chi connectivity index (χ3v) is 8.34. The van der Waals surface area contributed by atoms with Gasteiger partial charge in [0.1, 0.15) is 11.2 Å². The van der Waals surface area contributed by atoms with Crippen LogP contribution in [0.5, 0.6) is 0 Å². The molecule has 0 spiro atoms. The van der Waals surface area contributed by atoms with Gasteiger partial charge >= 0.3 is 0 Å². The Balaban J connectivity index is 1.32. The zero-order chi connectivity index (χ0) is 34.4. The van der Waals surface area contributed by atoms with Crippen molar-refractivity contribution >= 4 is 54.3 Å². The Labute approximate surface area is 259 Å². The Hall–Kier alpha value is -5.66. The zero-order valence-corrected chi connectivity index (χ0v) is 22.9. The van der Waals surface area contributed by atoms with Gasteiger partial charge < -0.3 is 4.42 Å². The summed E-state index contributed by atoms with van der Waals surface area (Å²) in [4.78, 5) is 0. The lowest BCUT2D eigenvalue weighted by atomic mass is 9.85. The molecule has 1 heteroatoms. The van der Waals surface area contributed by atoms with E-state index in [9.17, 15) is 2.74 Å². The molecule has 9 aromatic rings. The van der Waals surface area contributed by atoms with Crippen molar-refractivity contribution in [3.05, 3.63) is 158 Å². The highest BCUT2D eigenvalue weighted by molar-refractivity contribution is 6.22. The van der Waals surface area contributed by atoms with E-state index in [1.807, 2.05) is 54.6 Å². The fourth-order valence-corrected chi connectivity index (χ4v) is 6.42. The molecule has 0 aliphatic heterocycles. The Kier molecular flexibility index (Phi) is 3.95. The van der Waals surface area contributed by atoms with Crippen molar-refractivity contribution in [2.45, 2.75) is 0 Å². The molecule has 1 aromatic heterocycles. The molecule has 8 aromatic carbocycles. The molecule has 43 heavy (non-hydrogen) atoms. The van der Waals surface area contributed by atoms with Gasteiger partial charge in [-0.1, -0.05) is 139 Å². The van der Waals surface area contributed by atoms with E-state index in [1.54, 1.807) is 0 Å². The molecule has 1 heterocycles. The van der Waals surface area contributed by atoms with Gasteiger partial charge in [0.15, 0.2) is 0 Å². The molecular formula is C42H26O. The number of benzene rings is 8. The first-order chi connectivity index (χ1) is 24.3. The summed E-state index contributed by atoms with van der Waals surface area (Å²) in [5.41, 5.74) is 4.97. The van der Waals surface area contributed by atoms with Crippen LogP contribution in [-0.4, -0.2) is 0 Å². The van der Waals surface area contributed by atoms with E-state index >= 15 is 0 Å². The van der Waals surface area contributed by atoms with Gasteiger partial charge in [-0.15, -0.1) is 0 Å². The first kappa shape index (κ1) is 18.0. The van der Waals surface area contributed by atoms with Crippen LogP contribution < -0.4 is 0 Å². The highest BCUT2D eigenvalue weighted by Crippen LogP contribution is 2.45. The molecule has 0 aliphatic rings. The average Bonchev–Trinajstić information content (AvgIpc) is 3.57. The second-order valence-electron chi connectivity index (χ2n) is 10.7. The summed E-state index contributed by atoms with van der Waals surface area (Å²) < 4.78 is 67.1. The van der Waals surface area contributed by atoms with Gasteiger partial charge in [0.2, 0.25) is 0 Å². The highest BCUT2D eigenvalue weighted by Gasteiger charge is 2.18. The highest BCUT2D eigenvalue weighted by atomic mass is 16.3. The maximum absolute atomic E-state index is 9.41. The Morgan fingerprint density at radius 2 is 0.953 bits per heavy atom. The van der Waals surface area contributed by atoms with Crippen LogP contribution in [0, 0.1) is 0 Å². The molecule has 0 fully saturated rings. The second-order valence-corrected chi connectivity index (χ2v) is 10.7. The lowest BCUT2D eigenvalue weighted by Gasteiger charge is -2.18. The van der Waals surface area contributed by atoms with E-state index in [0.717, 1.165) is 43.8 Å². The normalized spacial score (nSPS) is 14.0. The fourth-order valence-electron chi connectivity index (χ4n) is 6.42. The van der Waals surface area contributed by atoms with Gasteiger partial charge in [0.05, 0.1) is 9.60 Å². The average molecular weight is 554 g/mol. The van der Waals surface area contributed by atoms with Crippen LogP contribution in [-0.2, 0) is 0 Å². The number of furan rings is 1. The molecule has 0 atom stereocenters. The number of para-hydroxylation sites is 1. The molecule has 0 aliphatic carbocycles. The van der Waals surface area contributed by atoms with E-state index < -0.39 is 12.1 Å². The van der Waals surface area contributed by atoms with Crippen molar-refractivity contribution in [2.75, 3.05) is 0 Å². The lowest BCUT2D eigenvalue weighted by Crippen LogP contribution is -1.91. The smallest absolute Gasteiger partial charge is 0.136 e. The first-order valence-corrected chi connectivity index (χ1v) is 14.2. The van der Waals surface area contributed by atoms with Crippen LogP contribution in [0.4, 0.5) is 0 Å². The molecule has 200 valence electrons. The van der Waals surface area contributed by atoms with Crippen LogP contribution in [0.2, 0.25) is 0 Å². The second kappa shape index (κ2) is 9.44. The van der Waals surface area contributed by atoms with E-state index in [-0.39, 0.29) is 57.7 Å². The Morgan fingerprint density at radius 3 is 1.67 bits per heavy atom. The largest absolute Gasteiger partial charge is 0.456 e. The number of hydrogen-bond donors (Lipinski definition) is 0. The molecule has 9 rings (SSSR count). The van der Waals surface area contributed by atoms with Gasteiger partial charge in [0.25, 0.3) is 0 Å². The zero-order valence-electron chi connectivity index (χ0n) is 29.9.